The van der Waals surface area contributed by atoms with E-state index in [2.05, 4.69) is 5.10 Å². The summed E-state index contributed by atoms with van der Waals surface area (Å²) in [7, 11) is 0. The van der Waals surface area contributed by atoms with E-state index in [1.165, 1.54) is 4.68 Å². The van der Waals surface area contributed by atoms with Crippen LogP contribution in [0.15, 0.2) is 12.3 Å². The number of hydrogen-bond acceptors (Lipinski definition) is 6. The van der Waals surface area contributed by atoms with Gasteiger partial charge in [-0.15, -0.1) is 0 Å². The third kappa shape index (κ3) is 3.70. The second kappa shape index (κ2) is 6.38. The Morgan fingerprint density at radius 1 is 1.50 bits per heavy atom. The third-order valence-electron chi connectivity index (χ3n) is 2.93. The van der Waals surface area contributed by atoms with Crippen LogP contribution in [0.5, 0.6) is 0 Å². The lowest BCUT2D eigenvalue weighted by Gasteiger charge is -2.28. The molecule has 1 aromatic heterocycles. The van der Waals surface area contributed by atoms with Crippen LogP contribution in [-0.4, -0.2) is 59.0 Å². The number of ether oxygens (including phenoxy) is 2. The van der Waals surface area contributed by atoms with E-state index in [9.17, 15) is 9.59 Å². The zero-order valence-corrected chi connectivity index (χ0v) is 11.3. The van der Waals surface area contributed by atoms with E-state index in [-0.39, 0.29) is 12.5 Å². The molecule has 2 N–H and O–H groups in total. The summed E-state index contributed by atoms with van der Waals surface area (Å²) >= 11 is 0. The highest BCUT2D eigenvalue weighted by Crippen LogP contribution is 2.04. The lowest BCUT2D eigenvalue weighted by atomic mass is 10.3. The molecule has 1 atom stereocenters. The number of aromatic nitrogens is 2. The van der Waals surface area contributed by atoms with Crippen molar-refractivity contribution in [2.45, 2.75) is 19.6 Å². The molecule has 1 amide bonds. The smallest absolute Gasteiger partial charge is 0.328 e. The highest BCUT2D eigenvalue weighted by molar-refractivity contribution is 5.83. The Labute approximate surface area is 116 Å². The highest BCUT2D eigenvalue weighted by atomic mass is 16.5. The Balaban J connectivity index is 1.82. The SMILES string of the molecule is CC(OC(=O)Cn1ccc(N)n1)C(=O)N1CCOCC1. The van der Waals surface area contributed by atoms with Gasteiger partial charge in [-0.2, -0.15) is 5.10 Å². The van der Waals surface area contributed by atoms with Gasteiger partial charge >= 0.3 is 5.97 Å². The quantitative estimate of drug-likeness (QED) is 0.730. The summed E-state index contributed by atoms with van der Waals surface area (Å²) in [5.74, 6) is -0.404. The summed E-state index contributed by atoms with van der Waals surface area (Å²) < 4.78 is 11.6. The van der Waals surface area contributed by atoms with E-state index in [0.29, 0.717) is 32.1 Å². The molecule has 110 valence electrons. The van der Waals surface area contributed by atoms with Crippen molar-refractivity contribution < 1.29 is 19.1 Å². The maximum atomic E-state index is 12.0. The number of nitrogens with zero attached hydrogens (tertiary/aromatic N) is 3. The fourth-order valence-electron chi connectivity index (χ4n) is 1.92. The molecule has 8 heteroatoms. The number of amides is 1. The van der Waals surface area contributed by atoms with Crippen molar-refractivity contribution in [2.75, 3.05) is 32.0 Å². The second-order valence-corrected chi connectivity index (χ2v) is 4.51. The first kappa shape index (κ1) is 14.3. The molecule has 0 aliphatic carbocycles. The van der Waals surface area contributed by atoms with Crippen molar-refractivity contribution in [3.8, 4) is 0 Å². The molecule has 0 radical (unpaired) electrons. The molecule has 1 aliphatic heterocycles. The van der Waals surface area contributed by atoms with Gasteiger partial charge < -0.3 is 20.1 Å². The van der Waals surface area contributed by atoms with Gasteiger partial charge in [-0.25, -0.2) is 0 Å². The van der Waals surface area contributed by atoms with Gasteiger partial charge in [-0.3, -0.25) is 14.3 Å². The molecule has 1 aromatic rings. The summed E-state index contributed by atoms with van der Waals surface area (Å²) in [4.78, 5) is 25.4. The normalized spacial score (nSPS) is 16.8. The first-order valence-electron chi connectivity index (χ1n) is 6.41. The Bertz CT molecular complexity index is 482. The molecule has 0 saturated carbocycles. The molecule has 1 unspecified atom stereocenters. The molecule has 1 saturated heterocycles. The van der Waals surface area contributed by atoms with Crippen molar-refractivity contribution >= 4 is 17.7 Å². The minimum absolute atomic E-state index is 0.0715. The zero-order valence-electron chi connectivity index (χ0n) is 11.3. The number of nitrogens with two attached hydrogens (primary N) is 1. The zero-order chi connectivity index (χ0) is 14.5. The van der Waals surface area contributed by atoms with Crippen LogP contribution in [0.2, 0.25) is 0 Å². The Morgan fingerprint density at radius 2 is 2.20 bits per heavy atom. The molecule has 8 nitrogen and oxygen atoms in total. The van der Waals surface area contributed by atoms with Crippen LogP contribution < -0.4 is 5.73 Å². The summed E-state index contributed by atoms with van der Waals surface area (Å²) in [6, 6.07) is 1.58. The van der Waals surface area contributed by atoms with Crippen molar-refractivity contribution in [3.05, 3.63) is 12.3 Å². The van der Waals surface area contributed by atoms with Crippen LogP contribution in [-0.2, 0) is 25.6 Å². The number of anilines is 1. The van der Waals surface area contributed by atoms with Crippen LogP contribution in [0.1, 0.15) is 6.92 Å². The first-order valence-corrected chi connectivity index (χ1v) is 6.41. The second-order valence-electron chi connectivity index (χ2n) is 4.51. The molecule has 20 heavy (non-hydrogen) atoms. The maximum Gasteiger partial charge on any atom is 0.328 e. The van der Waals surface area contributed by atoms with Crippen LogP contribution in [0.4, 0.5) is 5.82 Å². The molecule has 2 heterocycles. The highest BCUT2D eigenvalue weighted by Gasteiger charge is 2.25. The lowest BCUT2D eigenvalue weighted by molar-refractivity contribution is -0.161. The first-order chi connectivity index (χ1) is 9.56. The van der Waals surface area contributed by atoms with Crippen molar-refractivity contribution in [1.82, 2.24) is 14.7 Å². The monoisotopic (exact) mass is 282 g/mol. The molecule has 0 bridgehead atoms. The summed E-state index contributed by atoms with van der Waals surface area (Å²) in [5, 5.41) is 3.87. The predicted octanol–water partition coefficient (Wildman–Crippen LogP) is -0.744. The number of hydrogen-bond donors (Lipinski definition) is 1. The van der Waals surface area contributed by atoms with Crippen molar-refractivity contribution in [2.24, 2.45) is 0 Å². The number of morpholine rings is 1. The molecule has 1 aliphatic rings. The molecular weight excluding hydrogens is 264 g/mol. The minimum Gasteiger partial charge on any atom is -0.451 e. The fourth-order valence-corrected chi connectivity index (χ4v) is 1.92. The molecule has 1 fully saturated rings. The van der Waals surface area contributed by atoms with Gasteiger partial charge in [0.15, 0.2) is 6.10 Å². The van der Waals surface area contributed by atoms with Gasteiger partial charge in [0.1, 0.15) is 12.4 Å². The van der Waals surface area contributed by atoms with Crippen LogP contribution >= 0.6 is 0 Å². The van der Waals surface area contributed by atoms with Gasteiger partial charge in [0.25, 0.3) is 5.91 Å². The molecular formula is C12H18N4O4. The number of carbonyl (C=O) groups is 2. The molecule has 0 aromatic carbocycles. The maximum absolute atomic E-state index is 12.0. The van der Waals surface area contributed by atoms with Crippen molar-refractivity contribution in [1.29, 1.82) is 0 Å². The largest absolute Gasteiger partial charge is 0.451 e. The van der Waals surface area contributed by atoms with E-state index in [1.54, 1.807) is 24.1 Å². The van der Waals surface area contributed by atoms with E-state index in [0.717, 1.165) is 0 Å². The number of nitrogen functional groups attached to an aromatic ring is 1. The predicted molar refractivity (Wildman–Crippen MR) is 69.6 cm³/mol. The Kier molecular flexibility index (Phi) is 4.57. The number of carbonyl (C=O) groups excluding carboxylic acids is 2. The number of esters is 1. The average molecular weight is 282 g/mol. The van der Waals surface area contributed by atoms with E-state index >= 15 is 0 Å². The van der Waals surface area contributed by atoms with Gasteiger partial charge in [0.05, 0.1) is 13.2 Å². The standard InChI is InChI=1S/C12H18N4O4/c1-9(12(18)15-4-6-19-7-5-15)20-11(17)8-16-3-2-10(13)14-16/h2-3,9H,4-8H2,1H3,(H2,13,14). The summed E-state index contributed by atoms with van der Waals surface area (Å²) in [5.41, 5.74) is 5.44. The van der Waals surface area contributed by atoms with E-state index < -0.39 is 12.1 Å². The third-order valence-corrected chi connectivity index (χ3v) is 2.93. The summed E-state index contributed by atoms with van der Waals surface area (Å²) in [6.07, 6.45) is 0.763. The van der Waals surface area contributed by atoms with Gasteiger partial charge in [0.2, 0.25) is 0 Å². The minimum atomic E-state index is -0.812. The van der Waals surface area contributed by atoms with Gasteiger partial charge in [-0.05, 0) is 13.0 Å². The summed E-state index contributed by atoms with van der Waals surface area (Å²) in [6.45, 7) is 3.57. The van der Waals surface area contributed by atoms with E-state index in [1.807, 2.05) is 0 Å². The lowest BCUT2D eigenvalue weighted by Crippen LogP contribution is -2.46. The van der Waals surface area contributed by atoms with Gasteiger partial charge in [0, 0.05) is 19.3 Å². The molecule has 2 rings (SSSR count). The molecule has 0 spiro atoms. The van der Waals surface area contributed by atoms with E-state index in [4.69, 9.17) is 15.2 Å². The van der Waals surface area contributed by atoms with Crippen LogP contribution in [0, 0.1) is 0 Å². The Morgan fingerprint density at radius 3 is 2.80 bits per heavy atom. The Hall–Kier alpha value is -2.09. The van der Waals surface area contributed by atoms with Crippen LogP contribution in [0.25, 0.3) is 0 Å². The van der Waals surface area contributed by atoms with Crippen LogP contribution in [0.3, 0.4) is 0 Å². The fraction of sp³-hybridized carbons (Fsp3) is 0.583. The van der Waals surface area contributed by atoms with Crippen molar-refractivity contribution in [3.63, 3.8) is 0 Å². The topological polar surface area (TPSA) is 99.7 Å². The van der Waals surface area contributed by atoms with Gasteiger partial charge in [-0.1, -0.05) is 0 Å². The number of rotatable bonds is 4. The average Bonchev–Trinajstić information content (AvgIpc) is 2.84.